The van der Waals surface area contributed by atoms with E-state index in [9.17, 15) is 4.79 Å². The first kappa shape index (κ1) is 17.8. The predicted octanol–water partition coefficient (Wildman–Crippen LogP) is 2.67. The predicted molar refractivity (Wildman–Crippen MR) is 98.6 cm³/mol. The zero-order valence-electron chi connectivity index (χ0n) is 15.5. The van der Waals surface area contributed by atoms with Crippen LogP contribution >= 0.6 is 0 Å². The molecule has 0 atom stereocenters. The second-order valence-corrected chi connectivity index (χ2v) is 6.48. The highest BCUT2D eigenvalue weighted by Gasteiger charge is 2.14. The molecule has 0 aliphatic rings. The van der Waals surface area contributed by atoms with E-state index < -0.39 is 0 Å². The lowest BCUT2D eigenvalue weighted by Crippen LogP contribution is -2.29. The zero-order valence-corrected chi connectivity index (χ0v) is 15.5. The Morgan fingerprint density at radius 1 is 1.23 bits per heavy atom. The molecule has 3 rings (SSSR count). The summed E-state index contributed by atoms with van der Waals surface area (Å²) in [7, 11) is 0. The molecule has 2 heterocycles. The smallest absolute Gasteiger partial charge is 0.291 e. The molecule has 7 heteroatoms. The number of carbonyl (C=O) groups excluding carboxylic acids is 1. The third-order valence-corrected chi connectivity index (χ3v) is 4.01. The summed E-state index contributed by atoms with van der Waals surface area (Å²) in [5.41, 5.74) is 2.87. The minimum absolute atomic E-state index is 0.105. The van der Waals surface area contributed by atoms with Crippen LogP contribution in [0, 0.1) is 13.8 Å². The fraction of sp³-hybridized carbons (Fsp3) is 0.368. The number of fused-ring (bicyclic) bond motifs is 1. The number of para-hydroxylation sites is 1. The van der Waals surface area contributed by atoms with Gasteiger partial charge in [-0.3, -0.25) is 4.79 Å². The third-order valence-electron chi connectivity index (χ3n) is 4.01. The van der Waals surface area contributed by atoms with Gasteiger partial charge >= 0.3 is 0 Å². The summed E-state index contributed by atoms with van der Waals surface area (Å²) in [5.74, 6) is 1.41. The van der Waals surface area contributed by atoms with Crippen molar-refractivity contribution in [3.8, 4) is 5.75 Å². The molecule has 0 unspecified atom stereocenters. The molecular weight excluding hydrogens is 330 g/mol. The van der Waals surface area contributed by atoms with Crippen molar-refractivity contribution in [2.75, 3.05) is 13.2 Å². The number of rotatable bonds is 6. The molecule has 0 saturated carbocycles. The summed E-state index contributed by atoms with van der Waals surface area (Å²) in [5, 5.41) is 7.00. The lowest BCUT2D eigenvalue weighted by molar-refractivity contribution is 0.0936. The molecule has 0 fully saturated rings. The average Bonchev–Trinajstić information content (AvgIpc) is 3.03. The van der Waals surface area contributed by atoms with E-state index in [1.165, 1.54) is 0 Å². The Morgan fingerprint density at radius 3 is 2.77 bits per heavy atom. The van der Waals surface area contributed by atoms with Gasteiger partial charge in [-0.15, -0.1) is 5.10 Å². The van der Waals surface area contributed by atoms with Crippen LogP contribution in [0.5, 0.6) is 5.75 Å². The van der Waals surface area contributed by atoms with Gasteiger partial charge in [-0.2, -0.15) is 4.98 Å². The van der Waals surface area contributed by atoms with Crippen molar-refractivity contribution in [3.05, 3.63) is 53.1 Å². The maximum atomic E-state index is 12.3. The van der Waals surface area contributed by atoms with Crippen LogP contribution in [0.3, 0.4) is 0 Å². The Labute approximate surface area is 152 Å². The summed E-state index contributed by atoms with van der Waals surface area (Å²) < 4.78 is 7.37. The van der Waals surface area contributed by atoms with E-state index in [4.69, 9.17) is 4.74 Å². The van der Waals surface area contributed by atoms with Gasteiger partial charge in [0.2, 0.25) is 5.82 Å². The van der Waals surface area contributed by atoms with Gasteiger partial charge in [-0.25, -0.2) is 9.50 Å². The Hall–Kier alpha value is -2.96. The summed E-state index contributed by atoms with van der Waals surface area (Å²) in [4.78, 5) is 20.7. The normalized spacial score (nSPS) is 11.1. The quantitative estimate of drug-likeness (QED) is 0.689. The van der Waals surface area contributed by atoms with Gasteiger partial charge in [-0.05, 0) is 37.5 Å². The Balaban J connectivity index is 1.59. The first-order valence-corrected chi connectivity index (χ1v) is 8.66. The van der Waals surface area contributed by atoms with E-state index in [-0.39, 0.29) is 11.7 Å². The molecule has 1 amide bonds. The summed E-state index contributed by atoms with van der Waals surface area (Å²) >= 11 is 0. The van der Waals surface area contributed by atoms with Crippen LogP contribution in [0.25, 0.3) is 5.78 Å². The third kappa shape index (κ3) is 3.82. The molecule has 0 radical (unpaired) electrons. The molecule has 26 heavy (non-hydrogen) atoms. The highest BCUT2D eigenvalue weighted by atomic mass is 16.5. The molecule has 0 spiro atoms. The van der Waals surface area contributed by atoms with E-state index >= 15 is 0 Å². The van der Waals surface area contributed by atoms with Crippen LogP contribution in [0.2, 0.25) is 0 Å². The first-order valence-electron chi connectivity index (χ1n) is 8.66. The van der Waals surface area contributed by atoms with Crippen molar-refractivity contribution >= 4 is 11.7 Å². The van der Waals surface area contributed by atoms with Crippen LogP contribution in [0.15, 0.2) is 30.3 Å². The van der Waals surface area contributed by atoms with Crippen molar-refractivity contribution < 1.29 is 9.53 Å². The molecule has 0 bridgehead atoms. The van der Waals surface area contributed by atoms with Gasteiger partial charge in [0.25, 0.3) is 11.7 Å². The maximum absolute atomic E-state index is 12.3. The number of carbonyl (C=O) groups is 1. The molecular formula is C19H23N5O2. The van der Waals surface area contributed by atoms with Crippen molar-refractivity contribution in [1.29, 1.82) is 0 Å². The van der Waals surface area contributed by atoms with Gasteiger partial charge in [0.1, 0.15) is 12.4 Å². The van der Waals surface area contributed by atoms with E-state index in [2.05, 4.69) is 40.3 Å². The van der Waals surface area contributed by atoms with Gasteiger partial charge in [0.05, 0.1) is 6.54 Å². The van der Waals surface area contributed by atoms with Gasteiger partial charge in [0.15, 0.2) is 0 Å². The Kier molecular flexibility index (Phi) is 5.16. The summed E-state index contributed by atoms with van der Waals surface area (Å²) in [6.45, 7) is 8.77. The zero-order chi connectivity index (χ0) is 18.7. The monoisotopic (exact) mass is 353 g/mol. The number of aryl methyl sites for hydroxylation is 2. The topological polar surface area (TPSA) is 81.4 Å². The number of nitrogens with zero attached hydrogens (tertiary/aromatic N) is 4. The second kappa shape index (κ2) is 7.51. The first-order chi connectivity index (χ1) is 12.5. The number of ether oxygens (including phenoxy) is 1. The fourth-order valence-electron chi connectivity index (χ4n) is 2.76. The molecule has 3 aromatic rings. The van der Waals surface area contributed by atoms with Crippen LogP contribution in [0.1, 0.15) is 47.3 Å². The lowest BCUT2D eigenvalue weighted by atomic mass is 10.0. The standard InChI is InChI=1S/C19H23N5O2/c1-12(2)15-7-5-6-8-16(15)26-10-9-20-18(25)17-22-19-21-13(3)11-14(4)24(19)23-17/h5-8,11-12H,9-10H2,1-4H3,(H,20,25). The van der Waals surface area contributed by atoms with Crippen molar-refractivity contribution in [2.24, 2.45) is 0 Å². The molecule has 1 N–H and O–H groups in total. The van der Waals surface area contributed by atoms with Gasteiger partial charge < -0.3 is 10.1 Å². The van der Waals surface area contributed by atoms with E-state index in [0.717, 1.165) is 22.7 Å². The van der Waals surface area contributed by atoms with Crippen LogP contribution < -0.4 is 10.1 Å². The molecule has 0 saturated heterocycles. The van der Waals surface area contributed by atoms with Gasteiger partial charge in [-0.1, -0.05) is 32.0 Å². The largest absolute Gasteiger partial charge is 0.491 e. The number of aromatic nitrogens is 4. The molecule has 7 nitrogen and oxygen atoms in total. The maximum Gasteiger partial charge on any atom is 0.291 e. The summed E-state index contributed by atoms with van der Waals surface area (Å²) in [6, 6.07) is 9.83. The van der Waals surface area contributed by atoms with E-state index in [1.807, 2.05) is 38.1 Å². The molecule has 0 aliphatic heterocycles. The molecule has 0 aliphatic carbocycles. The number of amides is 1. The van der Waals surface area contributed by atoms with E-state index in [0.29, 0.717) is 24.8 Å². The lowest BCUT2D eigenvalue weighted by Gasteiger charge is -2.13. The molecule has 1 aromatic carbocycles. The fourth-order valence-corrected chi connectivity index (χ4v) is 2.76. The highest BCUT2D eigenvalue weighted by molar-refractivity contribution is 5.90. The number of nitrogens with one attached hydrogen (secondary N) is 1. The van der Waals surface area contributed by atoms with Crippen LogP contribution in [0.4, 0.5) is 0 Å². The number of hydrogen-bond donors (Lipinski definition) is 1. The van der Waals surface area contributed by atoms with E-state index in [1.54, 1.807) is 4.52 Å². The highest BCUT2D eigenvalue weighted by Crippen LogP contribution is 2.25. The van der Waals surface area contributed by atoms with Gasteiger partial charge in [0, 0.05) is 11.4 Å². The molecule has 2 aromatic heterocycles. The summed E-state index contributed by atoms with van der Waals surface area (Å²) in [6.07, 6.45) is 0. The SMILES string of the molecule is Cc1cc(C)n2nc(C(=O)NCCOc3ccccc3C(C)C)nc2n1. The minimum atomic E-state index is -0.340. The number of benzene rings is 1. The van der Waals surface area contributed by atoms with Crippen molar-refractivity contribution in [3.63, 3.8) is 0 Å². The number of hydrogen-bond acceptors (Lipinski definition) is 5. The second-order valence-electron chi connectivity index (χ2n) is 6.48. The Morgan fingerprint density at radius 2 is 2.00 bits per heavy atom. The Bertz CT molecular complexity index is 933. The average molecular weight is 353 g/mol. The molecule has 136 valence electrons. The van der Waals surface area contributed by atoms with Crippen molar-refractivity contribution in [2.45, 2.75) is 33.6 Å². The minimum Gasteiger partial charge on any atom is -0.491 e. The van der Waals surface area contributed by atoms with Crippen LogP contribution in [-0.4, -0.2) is 38.6 Å². The van der Waals surface area contributed by atoms with Crippen molar-refractivity contribution in [1.82, 2.24) is 24.9 Å². The van der Waals surface area contributed by atoms with Crippen LogP contribution in [-0.2, 0) is 0 Å².